The smallest absolute Gasteiger partial charge is 0.367 e. The average molecular weight is 689 g/mol. The highest BCUT2D eigenvalue weighted by molar-refractivity contribution is 7.88. The van der Waals surface area contributed by atoms with Gasteiger partial charge in [0.1, 0.15) is 28.2 Å². The molecule has 0 radical (unpaired) electrons. The van der Waals surface area contributed by atoms with Crippen molar-refractivity contribution in [2.24, 2.45) is 0 Å². The number of piperazine rings is 1. The number of thiophene rings is 1. The van der Waals surface area contributed by atoms with E-state index in [1.54, 1.807) is 13.0 Å². The van der Waals surface area contributed by atoms with Crippen LogP contribution in [0.1, 0.15) is 40.4 Å². The Kier molecular flexibility index (Phi) is 9.52. The number of anilines is 1. The minimum atomic E-state index is -4.27. The van der Waals surface area contributed by atoms with Crippen LogP contribution in [0.25, 0.3) is 21.1 Å². The fraction of sp³-hybridized carbons (Fsp3) is 0.531. The lowest BCUT2D eigenvalue weighted by Crippen LogP contribution is -2.48. The molecule has 0 saturated carbocycles. The zero-order chi connectivity index (χ0) is 33.5. The molecule has 3 aromatic heterocycles. The Bertz CT molecular complexity index is 1920. The molecule has 4 aromatic rings. The fourth-order valence-corrected chi connectivity index (χ4v) is 8.63. The Morgan fingerprint density at radius 3 is 2.38 bits per heavy atom. The summed E-state index contributed by atoms with van der Waals surface area (Å²) in [5.41, 5.74) is 4.02. The number of piperidine rings is 1. The molecular formula is C32H39F3N8O2S2. The molecule has 1 aromatic carbocycles. The third kappa shape index (κ3) is 7.73. The molecule has 252 valence electrons. The highest BCUT2D eigenvalue weighted by atomic mass is 32.2. The SMILES string of the molecule is Cc1nc(NC2CCN(Cc3ccc4c(cc(C#N)n4CCN4CCN(S(C)(=O)=O)CC4)c3C)CC2)c2cc(CC(F)(F)F)sc2n1. The summed E-state index contributed by atoms with van der Waals surface area (Å²) in [6.07, 6.45) is -2.24. The number of aromatic nitrogens is 3. The number of sulfonamides is 1. The minimum Gasteiger partial charge on any atom is -0.367 e. The lowest BCUT2D eigenvalue weighted by molar-refractivity contribution is -0.126. The van der Waals surface area contributed by atoms with Crippen molar-refractivity contribution in [3.63, 3.8) is 0 Å². The van der Waals surface area contributed by atoms with Gasteiger partial charge in [0.15, 0.2) is 0 Å². The van der Waals surface area contributed by atoms with Crippen LogP contribution in [0.5, 0.6) is 0 Å². The van der Waals surface area contributed by atoms with Crippen LogP contribution in [0.3, 0.4) is 0 Å². The van der Waals surface area contributed by atoms with E-state index in [4.69, 9.17) is 0 Å². The average Bonchev–Trinajstić information content (AvgIpc) is 3.58. The van der Waals surface area contributed by atoms with E-state index in [1.807, 2.05) is 6.07 Å². The third-order valence-corrected chi connectivity index (χ3v) is 11.6. The normalized spacial score (nSPS) is 17.9. The monoisotopic (exact) mass is 688 g/mol. The van der Waals surface area contributed by atoms with E-state index in [1.165, 1.54) is 16.1 Å². The van der Waals surface area contributed by atoms with Crippen LogP contribution in [-0.2, 0) is 29.5 Å². The number of likely N-dealkylation sites (tertiary alicyclic amines) is 1. The van der Waals surface area contributed by atoms with Crippen molar-refractivity contribution in [1.82, 2.24) is 28.6 Å². The molecule has 2 fully saturated rings. The molecule has 5 heterocycles. The number of alkyl halides is 3. The van der Waals surface area contributed by atoms with E-state index in [0.29, 0.717) is 60.3 Å². The van der Waals surface area contributed by atoms with Gasteiger partial charge in [-0.2, -0.15) is 22.7 Å². The van der Waals surface area contributed by atoms with Gasteiger partial charge in [-0.1, -0.05) is 6.07 Å². The van der Waals surface area contributed by atoms with Gasteiger partial charge in [0.05, 0.1) is 18.1 Å². The maximum atomic E-state index is 13.0. The van der Waals surface area contributed by atoms with Crippen LogP contribution < -0.4 is 5.32 Å². The number of rotatable bonds is 9. The number of fused-ring (bicyclic) bond motifs is 2. The number of nitrogens with zero attached hydrogens (tertiary/aromatic N) is 7. The molecule has 0 unspecified atom stereocenters. The second-order valence-electron chi connectivity index (χ2n) is 12.6. The van der Waals surface area contributed by atoms with Crippen LogP contribution in [0.4, 0.5) is 19.0 Å². The predicted molar refractivity (Wildman–Crippen MR) is 178 cm³/mol. The highest BCUT2D eigenvalue weighted by Crippen LogP contribution is 2.34. The zero-order valence-corrected chi connectivity index (χ0v) is 28.4. The molecule has 0 amide bonds. The molecule has 0 aliphatic carbocycles. The van der Waals surface area contributed by atoms with Crippen LogP contribution in [0.2, 0.25) is 0 Å². The summed E-state index contributed by atoms with van der Waals surface area (Å²) in [6.45, 7) is 10.1. The fourth-order valence-electron chi connectivity index (χ4n) is 6.69. The maximum Gasteiger partial charge on any atom is 0.393 e. The van der Waals surface area contributed by atoms with Crippen LogP contribution >= 0.6 is 11.3 Å². The topological polar surface area (TPSA) is 110 Å². The van der Waals surface area contributed by atoms with Gasteiger partial charge < -0.3 is 9.88 Å². The number of aryl methyl sites for hydroxylation is 2. The second kappa shape index (κ2) is 13.3. The van der Waals surface area contributed by atoms with Crippen molar-refractivity contribution in [1.29, 1.82) is 5.26 Å². The largest absolute Gasteiger partial charge is 0.393 e. The summed E-state index contributed by atoms with van der Waals surface area (Å²) in [7, 11) is -3.18. The van der Waals surface area contributed by atoms with Gasteiger partial charge in [-0.25, -0.2) is 18.4 Å². The van der Waals surface area contributed by atoms with E-state index in [0.717, 1.165) is 66.8 Å². The summed E-state index contributed by atoms with van der Waals surface area (Å²) in [5.74, 6) is 1.13. The van der Waals surface area contributed by atoms with Crippen LogP contribution in [0.15, 0.2) is 24.3 Å². The quantitative estimate of drug-likeness (QED) is 0.265. The Balaban J connectivity index is 1.08. The van der Waals surface area contributed by atoms with Crippen molar-refractivity contribution in [3.05, 3.63) is 51.8 Å². The van der Waals surface area contributed by atoms with Gasteiger partial charge in [-0.3, -0.25) is 9.80 Å². The van der Waals surface area contributed by atoms with Crippen molar-refractivity contribution in [3.8, 4) is 6.07 Å². The van der Waals surface area contributed by atoms with Crippen LogP contribution in [0, 0.1) is 25.2 Å². The first-order chi connectivity index (χ1) is 22.3. The third-order valence-electron chi connectivity index (χ3n) is 9.27. The summed E-state index contributed by atoms with van der Waals surface area (Å²) in [4.78, 5) is 14.4. The van der Waals surface area contributed by atoms with Crippen molar-refractivity contribution in [2.45, 2.75) is 58.4 Å². The van der Waals surface area contributed by atoms with Gasteiger partial charge in [-0.05, 0) is 56.0 Å². The molecule has 1 N–H and O–H groups in total. The van der Waals surface area contributed by atoms with E-state index in [2.05, 4.69) is 54.8 Å². The molecule has 0 spiro atoms. The first kappa shape index (κ1) is 33.6. The second-order valence-corrected chi connectivity index (χ2v) is 15.7. The van der Waals surface area contributed by atoms with Crippen molar-refractivity contribution >= 4 is 48.3 Å². The molecule has 2 aliphatic rings. The molecule has 2 aliphatic heterocycles. The number of hydrogen-bond donors (Lipinski definition) is 1. The summed E-state index contributed by atoms with van der Waals surface area (Å²) in [5, 5.41) is 15.1. The summed E-state index contributed by atoms with van der Waals surface area (Å²) >= 11 is 1.07. The van der Waals surface area contributed by atoms with Crippen molar-refractivity contribution < 1.29 is 21.6 Å². The van der Waals surface area contributed by atoms with Gasteiger partial charge in [0.25, 0.3) is 0 Å². The lowest BCUT2D eigenvalue weighted by atomic mass is 10.0. The number of nitriles is 1. The molecule has 2 saturated heterocycles. The first-order valence-corrected chi connectivity index (χ1v) is 18.5. The number of halogens is 3. The Morgan fingerprint density at radius 2 is 1.72 bits per heavy atom. The lowest BCUT2D eigenvalue weighted by Gasteiger charge is -2.33. The summed E-state index contributed by atoms with van der Waals surface area (Å²) in [6, 6.07) is 10.3. The zero-order valence-electron chi connectivity index (χ0n) is 26.8. The van der Waals surface area contributed by atoms with Gasteiger partial charge in [-0.15, -0.1) is 11.3 Å². The Hall–Kier alpha value is -3.29. The van der Waals surface area contributed by atoms with Gasteiger partial charge in [0, 0.05) is 80.7 Å². The molecule has 15 heteroatoms. The van der Waals surface area contributed by atoms with Crippen LogP contribution in [-0.4, -0.2) is 101 Å². The minimum absolute atomic E-state index is 0.153. The Labute approximate surface area is 276 Å². The number of nitrogens with one attached hydrogen (secondary N) is 1. The van der Waals surface area contributed by atoms with E-state index < -0.39 is 22.6 Å². The molecule has 47 heavy (non-hydrogen) atoms. The maximum absolute atomic E-state index is 13.0. The van der Waals surface area contributed by atoms with E-state index >= 15 is 0 Å². The summed E-state index contributed by atoms with van der Waals surface area (Å²) < 4.78 is 66.3. The van der Waals surface area contributed by atoms with E-state index in [-0.39, 0.29) is 10.9 Å². The molecule has 6 rings (SSSR count). The number of benzene rings is 1. The highest BCUT2D eigenvalue weighted by Gasteiger charge is 2.30. The standard InChI is InChI=1S/C32H39F3N8O2S2/c1-21-23(4-5-29-27(21)16-25(19-36)43(29)15-12-40-10-13-42(14-11-40)47(3,44)45)20-41-8-6-24(7-9-41)39-30-28-17-26(18-32(33,34)35)46-31(28)38-22(2)37-30/h4-5,16-17,24H,6-15,18,20H2,1-3H3,(H,37,38,39). The van der Waals surface area contributed by atoms with E-state index in [9.17, 15) is 26.9 Å². The molecule has 0 bridgehead atoms. The van der Waals surface area contributed by atoms with Crippen molar-refractivity contribution in [2.75, 3.05) is 57.4 Å². The molecule has 0 atom stereocenters. The predicted octanol–water partition coefficient (Wildman–Crippen LogP) is 4.89. The van der Waals surface area contributed by atoms with Gasteiger partial charge >= 0.3 is 6.18 Å². The number of hydrogen-bond acceptors (Lipinski definition) is 9. The van der Waals surface area contributed by atoms with Gasteiger partial charge in [0.2, 0.25) is 10.0 Å². The molecule has 10 nitrogen and oxygen atoms in total. The molecular weight excluding hydrogens is 650 g/mol. The Morgan fingerprint density at radius 1 is 1.00 bits per heavy atom. The first-order valence-electron chi connectivity index (χ1n) is 15.8.